The van der Waals surface area contributed by atoms with Crippen LogP contribution in [0.1, 0.15) is 62.9 Å². The van der Waals surface area contributed by atoms with E-state index < -0.39 is 16.1 Å². The normalized spacial score (nSPS) is 22.4. The van der Waals surface area contributed by atoms with Crippen LogP contribution >= 0.6 is 0 Å². The number of hydrogen-bond acceptors (Lipinski definition) is 5. The van der Waals surface area contributed by atoms with Gasteiger partial charge in [0.25, 0.3) is 5.91 Å². The van der Waals surface area contributed by atoms with Gasteiger partial charge in [-0.15, -0.1) is 0 Å². The van der Waals surface area contributed by atoms with Gasteiger partial charge in [0.05, 0.1) is 28.9 Å². The van der Waals surface area contributed by atoms with Crippen molar-refractivity contribution in [1.82, 2.24) is 15.2 Å². The molecule has 2 fully saturated rings. The SMILES string of the molecule is CC(C)C[C@@H](C#N)NC(=O)[C@@H]1CCCC[C@@H]1NC(=O)c1cc2ccc(N3CCCS3(=O)=O)cc2n1C. The molecule has 9 nitrogen and oxygen atoms in total. The summed E-state index contributed by atoms with van der Waals surface area (Å²) in [5.74, 6) is -0.399. The van der Waals surface area contributed by atoms with Crippen molar-refractivity contribution in [3.05, 3.63) is 30.0 Å². The minimum absolute atomic E-state index is 0.147. The zero-order chi connectivity index (χ0) is 26.0. The van der Waals surface area contributed by atoms with Crippen LogP contribution in [0.5, 0.6) is 0 Å². The highest BCUT2D eigenvalue weighted by Gasteiger charge is 2.34. The van der Waals surface area contributed by atoms with E-state index in [1.807, 2.05) is 26.0 Å². The summed E-state index contributed by atoms with van der Waals surface area (Å²) in [4.78, 5) is 26.3. The van der Waals surface area contributed by atoms with Crippen LogP contribution < -0.4 is 14.9 Å². The Balaban J connectivity index is 1.51. The second kappa shape index (κ2) is 10.5. The highest BCUT2D eigenvalue weighted by Crippen LogP contribution is 2.30. The maximum absolute atomic E-state index is 13.3. The molecule has 1 aliphatic carbocycles. The van der Waals surface area contributed by atoms with Crippen molar-refractivity contribution in [2.75, 3.05) is 16.6 Å². The molecule has 0 radical (unpaired) electrons. The maximum Gasteiger partial charge on any atom is 0.268 e. The van der Waals surface area contributed by atoms with E-state index in [-0.39, 0.29) is 35.4 Å². The van der Waals surface area contributed by atoms with E-state index in [1.165, 1.54) is 4.31 Å². The van der Waals surface area contributed by atoms with E-state index in [1.54, 1.807) is 23.7 Å². The van der Waals surface area contributed by atoms with E-state index in [2.05, 4.69) is 16.7 Å². The minimum atomic E-state index is -3.30. The maximum atomic E-state index is 13.3. The molecule has 1 aliphatic heterocycles. The number of sulfonamides is 1. The van der Waals surface area contributed by atoms with Crippen molar-refractivity contribution in [3.8, 4) is 6.07 Å². The van der Waals surface area contributed by atoms with Gasteiger partial charge in [0.2, 0.25) is 15.9 Å². The highest BCUT2D eigenvalue weighted by molar-refractivity contribution is 7.93. The number of nitrogens with zero attached hydrogens (tertiary/aromatic N) is 3. The summed E-state index contributed by atoms with van der Waals surface area (Å²) in [5, 5.41) is 16.2. The van der Waals surface area contributed by atoms with Gasteiger partial charge in [0.15, 0.2) is 0 Å². The molecule has 1 aromatic carbocycles. The van der Waals surface area contributed by atoms with Gasteiger partial charge in [-0.3, -0.25) is 13.9 Å². The molecule has 1 aromatic heterocycles. The van der Waals surface area contributed by atoms with Crippen molar-refractivity contribution in [2.24, 2.45) is 18.9 Å². The molecule has 1 saturated carbocycles. The van der Waals surface area contributed by atoms with E-state index in [9.17, 15) is 23.3 Å². The number of nitriles is 1. The van der Waals surface area contributed by atoms with Gasteiger partial charge >= 0.3 is 0 Å². The van der Waals surface area contributed by atoms with Crippen LogP contribution in [0.4, 0.5) is 5.69 Å². The van der Waals surface area contributed by atoms with Crippen molar-refractivity contribution in [3.63, 3.8) is 0 Å². The van der Waals surface area contributed by atoms with Crippen LogP contribution in [0.2, 0.25) is 0 Å². The molecule has 0 spiro atoms. The summed E-state index contributed by atoms with van der Waals surface area (Å²) >= 11 is 0. The average Bonchev–Trinajstić information content (AvgIpc) is 3.36. The number of fused-ring (bicyclic) bond motifs is 1. The fraction of sp³-hybridized carbons (Fsp3) is 0.577. The molecule has 2 aliphatic rings. The van der Waals surface area contributed by atoms with Gasteiger partial charge in [-0.2, -0.15) is 5.26 Å². The molecule has 0 unspecified atom stereocenters. The van der Waals surface area contributed by atoms with Crippen molar-refractivity contribution in [1.29, 1.82) is 5.26 Å². The molecule has 2 heterocycles. The lowest BCUT2D eigenvalue weighted by Crippen LogP contribution is -2.50. The molecule has 2 amide bonds. The van der Waals surface area contributed by atoms with Gasteiger partial charge in [0, 0.05) is 25.0 Å². The molecule has 2 aromatic rings. The van der Waals surface area contributed by atoms with Crippen LogP contribution in [0.15, 0.2) is 24.3 Å². The van der Waals surface area contributed by atoms with E-state index >= 15 is 0 Å². The quantitative estimate of drug-likeness (QED) is 0.589. The Morgan fingerprint density at radius 3 is 2.58 bits per heavy atom. The fourth-order valence-electron chi connectivity index (χ4n) is 5.37. The second-order valence-corrected chi connectivity index (χ2v) is 12.4. The molecule has 10 heteroatoms. The number of aryl methyl sites for hydroxylation is 1. The monoisotopic (exact) mass is 513 g/mol. The van der Waals surface area contributed by atoms with Crippen molar-refractivity contribution < 1.29 is 18.0 Å². The highest BCUT2D eigenvalue weighted by atomic mass is 32.2. The summed E-state index contributed by atoms with van der Waals surface area (Å²) in [6.07, 6.45) is 4.38. The zero-order valence-corrected chi connectivity index (χ0v) is 22.0. The van der Waals surface area contributed by atoms with Gasteiger partial charge in [-0.25, -0.2) is 8.42 Å². The van der Waals surface area contributed by atoms with E-state index in [4.69, 9.17) is 0 Å². The molecule has 0 bridgehead atoms. The lowest BCUT2D eigenvalue weighted by molar-refractivity contribution is -0.127. The molecule has 3 atom stereocenters. The summed E-state index contributed by atoms with van der Waals surface area (Å²) in [6, 6.07) is 8.53. The fourth-order valence-corrected chi connectivity index (χ4v) is 6.93. The van der Waals surface area contributed by atoms with Crippen LogP contribution in [-0.2, 0) is 21.9 Å². The molecule has 2 N–H and O–H groups in total. The second-order valence-electron chi connectivity index (χ2n) is 10.4. The number of nitrogens with one attached hydrogen (secondary N) is 2. The lowest BCUT2D eigenvalue weighted by atomic mass is 9.83. The number of benzene rings is 1. The van der Waals surface area contributed by atoms with Crippen LogP contribution in [-0.4, -0.2) is 49.2 Å². The predicted molar refractivity (Wildman–Crippen MR) is 139 cm³/mol. The van der Waals surface area contributed by atoms with Crippen LogP contribution in [0, 0.1) is 23.2 Å². The predicted octanol–water partition coefficient (Wildman–Crippen LogP) is 3.06. The third-order valence-electron chi connectivity index (χ3n) is 7.25. The van der Waals surface area contributed by atoms with Gasteiger partial charge < -0.3 is 15.2 Å². The summed E-state index contributed by atoms with van der Waals surface area (Å²) in [5.41, 5.74) is 1.82. The van der Waals surface area contributed by atoms with Crippen LogP contribution in [0.25, 0.3) is 10.9 Å². The van der Waals surface area contributed by atoms with Crippen molar-refractivity contribution >= 4 is 38.4 Å². The lowest BCUT2D eigenvalue weighted by Gasteiger charge is -2.32. The number of hydrogen-bond donors (Lipinski definition) is 2. The third-order valence-corrected chi connectivity index (χ3v) is 9.12. The number of carbonyl (C=O) groups is 2. The number of amides is 2. The Morgan fingerprint density at radius 1 is 1.17 bits per heavy atom. The number of carbonyl (C=O) groups excluding carboxylic acids is 2. The third kappa shape index (κ3) is 5.36. The summed E-state index contributed by atoms with van der Waals surface area (Å²) < 4.78 is 27.9. The Hall–Kier alpha value is -3.06. The van der Waals surface area contributed by atoms with Gasteiger partial charge in [-0.05, 0) is 49.8 Å². The van der Waals surface area contributed by atoms with Gasteiger partial charge in [-0.1, -0.05) is 32.8 Å². The number of anilines is 1. The Bertz CT molecular complexity index is 1290. The average molecular weight is 514 g/mol. The molecule has 1 saturated heterocycles. The largest absolute Gasteiger partial charge is 0.347 e. The molecular weight excluding hydrogens is 478 g/mol. The first-order chi connectivity index (χ1) is 17.1. The molecular formula is C26H35N5O4S. The van der Waals surface area contributed by atoms with Crippen molar-refractivity contribution in [2.45, 2.75) is 64.5 Å². The van der Waals surface area contributed by atoms with Crippen LogP contribution in [0.3, 0.4) is 0 Å². The topological polar surface area (TPSA) is 124 Å². The molecule has 4 rings (SSSR count). The standard InChI is InChI=1S/C26H35N5O4S/c1-17(2)13-19(16-27)28-25(32)21-7-4-5-8-22(21)29-26(33)24-14-18-9-10-20(15-23(18)30(24)3)31-11-6-12-36(31,34)35/h9-10,14-15,17,19,21-22H,4-8,11-13H2,1-3H3,(H,28,32)(H,29,33)/t19-,21+,22-/m0/s1. The smallest absolute Gasteiger partial charge is 0.268 e. The van der Waals surface area contributed by atoms with E-state index in [0.717, 1.165) is 23.7 Å². The minimum Gasteiger partial charge on any atom is -0.347 e. The molecule has 36 heavy (non-hydrogen) atoms. The Kier molecular flexibility index (Phi) is 7.59. The number of aromatic nitrogens is 1. The van der Waals surface area contributed by atoms with Gasteiger partial charge in [0.1, 0.15) is 11.7 Å². The summed E-state index contributed by atoms with van der Waals surface area (Å²) in [7, 11) is -1.51. The zero-order valence-electron chi connectivity index (χ0n) is 21.2. The Morgan fingerprint density at radius 2 is 1.92 bits per heavy atom. The number of rotatable bonds is 7. The molecule has 194 valence electrons. The van der Waals surface area contributed by atoms with E-state index in [0.29, 0.717) is 43.6 Å². The first-order valence-electron chi connectivity index (χ1n) is 12.7. The Labute approximate surface area is 212 Å². The summed E-state index contributed by atoms with van der Waals surface area (Å²) in [6.45, 7) is 4.48. The first-order valence-corrected chi connectivity index (χ1v) is 14.3. The first kappa shape index (κ1) is 26.0.